The molecule has 4 heterocycles. The van der Waals surface area contributed by atoms with Gasteiger partial charge >= 0.3 is 0 Å². The Labute approximate surface area is 190 Å². The maximum Gasteiger partial charge on any atom is 0.273 e. The second-order valence-corrected chi connectivity index (χ2v) is 12.3. The molecule has 1 amide bonds. The summed E-state index contributed by atoms with van der Waals surface area (Å²) >= 11 is 0. The van der Waals surface area contributed by atoms with Crippen molar-refractivity contribution in [2.45, 2.75) is 75.0 Å². The first-order chi connectivity index (χ1) is 15.3. The summed E-state index contributed by atoms with van der Waals surface area (Å²) in [5.41, 5.74) is 0.330. The number of nitrogens with one attached hydrogen (secondary N) is 1. The van der Waals surface area contributed by atoms with Crippen molar-refractivity contribution >= 4 is 15.9 Å². The van der Waals surface area contributed by atoms with Crippen molar-refractivity contribution in [2.24, 2.45) is 0 Å². The highest BCUT2D eigenvalue weighted by Crippen LogP contribution is 2.40. The molecule has 32 heavy (non-hydrogen) atoms. The van der Waals surface area contributed by atoms with E-state index in [4.69, 9.17) is 4.52 Å². The van der Waals surface area contributed by atoms with Gasteiger partial charge in [0, 0.05) is 49.2 Å². The van der Waals surface area contributed by atoms with E-state index in [1.807, 2.05) is 0 Å². The number of aromatic nitrogens is 1. The van der Waals surface area contributed by atoms with Gasteiger partial charge in [0.15, 0.2) is 5.69 Å². The lowest BCUT2D eigenvalue weighted by Crippen LogP contribution is -2.53. The lowest BCUT2D eigenvalue weighted by Gasteiger charge is -2.38. The molecular weight excluding hydrogens is 430 g/mol. The smallest absolute Gasteiger partial charge is 0.273 e. The van der Waals surface area contributed by atoms with Crippen LogP contribution in [0.1, 0.15) is 67.1 Å². The van der Waals surface area contributed by atoms with Crippen LogP contribution < -0.4 is 5.32 Å². The number of carbonyl (C=O) groups excluding carboxylic acids is 1. The van der Waals surface area contributed by atoms with Crippen LogP contribution in [0.15, 0.2) is 10.6 Å². The highest BCUT2D eigenvalue weighted by Gasteiger charge is 2.47. The quantitative estimate of drug-likeness (QED) is 0.617. The van der Waals surface area contributed by atoms with Gasteiger partial charge in [-0.1, -0.05) is 5.16 Å². The van der Waals surface area contributed by atoms with Crippen molar-refractivity contribution in [3.8, 4) is 0 Å². The summed E-state index contributed by atoms with van der Waals surface area (Å²) < 4.78 is 33.5. The Bertz CT molecular complexity index is 930. The van der Waals surface area contributed by atoms with Gasteiger partial charge in [0.2, 0.25) is 10.0 Å². The van der Waals surface area contributed by atoms with Crippen LogP contribution in [0.2, 0.25) is 0 Å². The molecule has 1 aromatic heterocycles. The van der Waals surface area contributed by atoms with Crippen molar-refractivity contribution < 1.29 is 17.7 Å². The largest absolute Gasteiger partial charge is 0.360 e. The van der Waals surface area contributed by atoms with Crippen molar-refractivity contribution in [3.63, 3.8) is 0 Å². The van der Waals surface area contributed by atoms with E-state index in [0.717, 1.165) is 51.0 Å². The van der Waals surface area contributed by atoms with Crippen LogP contribution in [0.3, 0.4) is 0 Å². The zero-order valence-electron chi connectivity index (χ0n) is 19.1. The number of hydrogen-bond donors (Lipinski definition) is 1. The Morgan fingerprint density at radius 3 is 2.53 bits per heavy atom. The molecule has 1 aromatic rings. The third kappa shape index (κ3) is 4.60. The normalized spacial score (nSPS) is 31.5. The third-order valence-electron chi connectivity index (χ3n) is 7.71. The van der Waals surface area contributed by atoms with Gasteiger partial charge in [-0.25, -0.2) is 8.42 Å². The van der Waals surface area contributed by atoms with Gasteiger partial charge in [-0.2, -0.15) is 4.31 Å². The number of sulfonamides is 1. The second kappa shape index (κ2) is 8.70. The van der Waals surface area contributed by atoms with Crippen LogP contribution in [-0.2, 0) is 10.0 Å². The first-order valence-electron chi connectivity index (χ1n) is 12.0. The molecule has 4 aliphatic rings. The van der Waals surface area contributed by atoms with E-state index in [0.29, 0.717) is 37.0 Å². The fourth-order valence-electron chi connectivity index (χ4n) is 5.71. The Morgan fingerprint density at radius 2 is 1.91 bits per heavy atom. The lowest BCUT2D eigenvalue weighted by atomic mass is 9.99. The Balaban J connectivity index is 1.15. The summed E-state index contributed by atoms with van der Waals surface area (Å²) in [4.78, 5) is 17.1. The number of carbonyl (C=O) groups is 1. The number of nitrogens with zero attached hydrogens (tertiary/aromatic N) is 4. The molecule has 178 valence electrons. The number of likely N-dealkylation sites (tertiary alicyclic amines) is 1. The fourth-order valence-corrected chi connectivity index (χ4v) is 7.70. The number of hydrogen-bond acceptors (Lipinski definition) is 7. The minimum Gasteiger partial charge on any atom is -0.360 e. The van der Waals surface area contributed by atoms with Gasteiger partial charge < -0.3 is 19.6 Å². The number of fused-ring (bicyclic) bond motifs is 2. The Kier molecular flexibility index (Phi) is 6.06. The van der Waals surface area contributed by atoms with E-state index in [2.05, 4.69) is 34.4 Å². The molecule has 1 saturated carbocycles. The number of piperidine rings is 1. The van der Waals surface area contributed by atoms with Gasteiger partial charge in [0.25, 0.3) is 5.91 Å². The maximum atomic E-state index is 13.2. The van der Waals surface area contributed by atoms with Crippen LogP contribution in [-0.4, -0.2) is 97.2 Å². The van der Waals surface area contributed by atoms with Crippen LogP contribution in [0.5, 0.6) is 0 Å². The molecule has 2 unspecified atom stereocenters. The minimum absolute atomic E-state index is 0.0171. The molecule has 0 radical (unpaired) electrons. The molecule has 0 aromatic carbocycles. The molecule has 3 aliphatic heterocycles. The number of rotatable bonds is 8. The molecule has 9 nitrogen and oxygen atoms in total. The van der Waals surface area contributed by atoms with E-state index < -0.39 is 10.0 Å². The summed E-state index contributed by atoms with van der Waals surface area (Å²) in [7, 11) is 0.857. The standard InChI is InChI=1S/C22H35N5O4S/c1-25(2)19-7-8-26(14-19)9-10-32(29,30)27-17-5-6-18(27)12-16(11-17)23-22(28)20-13-21(31-24-20)15-3-4-15/h13,15-19H,3-12,14H2,1-2H3,(H,23,28)/t16?,17-,18+,19?. The Hall–Kier alpha value is -1.49. The first kappa shape index (κ1) is 22.3. The average molecular weight is 466 g/mol. The molecule has 1 N–H and O–H groups in total. The van der Waals surface area contributed by atoms with Gasteiger partial charge in [-0.05, 0) is 65.6 Å². The summed E-state index contributed by atoms with van der Waals surface area (Å²) in [5, 5.41) is 7.00. The monoisotopic (exact) mass is 465 g/mol. The predicted molar refractivity (Wildman–Crippen MR) is 120 cm³/mol. The third-order valence-corrected chi connectivity index (χ3v) is 9.64. The first-order valence-corrected chi connectivity index (χ1v) is 13.6. The zero-order chi connectivity index (χ0) is 22.5. The molecule has 3 saturated heterocycles. The fraction of sp³-hybridized carbons (Fsp3) is 0.818. The zero-order valence-corrected chi connectivity index (χ0v) is 19.9. The Morgan fingerprint density at radius 1 is 1.19 bits per heavy atom. The van der Waals surface area contributed by atoms with E-state index in [1.165, 1.54) is 0 Å². The molecule has 4 atom stereocenters. The van der Waals surface area contributed by atoms with Crippen molar-refractivity contribution in [3.05, 3.63) is 17.5 Å². The molecule has 4 fully saturated rings. The number of likely N-dealkylation sites (N-methyl/N-ethyl adjacent to an activating group) is 1. The summed E-state index contributed by atoms with van der Waals surface area (Å²) in [6.07, 6.45) is 6.37. The van der Waals surface area contributed by atoms with E-state index in [1.54, 1.807) is 10.4 Å². The van der Waals surface area contributed by atoms with Crippen LogP contribution >= 0.6 is 0 Å². The lowest BCUT2D eigenvalue weighted by molar-refractivity contribution is 0.0900. The van der Waals surface area contributed by atoms with Gasteiger partial charge in [-0.15, -0.1) is 0 Å². The maximum absolute atomic E-state index is 13.2. The molecule has 10 heteroatoms. The number of amides is 1. The second-order valence-electron chi connectivity index (χ2n) is 10.3. The van der Waals surface area contributed by atoms with Crippen molar-refractivity contribution in [2.75, 3.05) is 39.5 Å². The van der Waals surface area contributed by atoms with Crippen LogP contribution in [0.25, 0.3) is 0 Å². The average Bonchev–Trinajstić information content (AvgIpc) is 3.17. The van der Waals surface area contributed by atoms with Crippen LogP contribution in [0, 0.1) is 0 Å². The molecular formula is C22H35N5O4S. The van der Waals surface area contributed by atoms with Gasteiger partial charge in [0.1, 0.15) is 5.76 Å². The van der Waals surface area contributed by atoms with Crippen molar-refractivity contribution in [1.82, 2.24) is 24.6 Å². The molecule has 2 bridgehead atoms. The van der Waals surface area contributed by atoms with Gasteiger partial charge in [0.05, 0.1) is 5.75 Å². The van der Waals surface area contributed by atoms with Gasteiger partial charge in [-0.3, -0.25) is 4.79 Å². The highest BCUT2D eigenvalue weighted by atomic mass is 32.2. The van der Waals surface area contributed by atoms with E-state index in [9.17, 15) is 13.2 Å². The topological polar surface area (TPSA) is 99.0 Å². The molecule has 0 spiro atoms. The minimum atomic E-state index is -3.31. The highest BCUT2D eigenvalue weighted by molar-refractivity contribution is 7.89. The molecule has 5 rings (SSSR count). The molecule has 1 aliphatic carbocycles. The van der Waals surface area contributed by atoms with Crippen LogP contribution in [0.4, 0.5) is 0 Å². The SMILES string of the molecule is CN(C)C1CCN(CCS(=O)(=O)N2[C@@H]3CC[C@H]2CC(NC(=O)c2cc(C4CC4)on2)C3)C1. The van der Waals surface area contributed by atoms with Crippen molar-refractivity contribution in [1.29, 1.82) is 0 Å². The summed E-state index contributed by atoms with van der Waals surface area (Å²) in [6, 6.07) is 2.21. The van der Waals surface area contributed by atoms with E-state index >= 15 is 0 Å². The predicted octanol–water partition coefficient (Wildman–Crippen LogP) is 1.24. The van der Waals surface area contributed by atoms with E-state index in [-0.39, 0.29) is 29.8 Å². The summed E-state index contributed by atoms with van der Waals surface area (Å²) in [5.74, 6) is 1.18. The summed E-state index contributed by atoms with van der Waals surface area (Å²) in [6.45, 7) is 2.50.